The Morgan fingerprint density at radius 1 is 1.14 bits per heavy atom. The molecule has 14 heteroatoms. The summed E-state index contributed by atoms with van der Waals surface area (Å²) in [5.41, 5.74) is -0.829. The lowest BCUT2D eigenvalue weighted by Gasteiger charge is -2.30. The van der Waals surface area contributed by atoms with Crippen molar-refractivity contribution < 1.29 is 38.5 Å². The topological polar surface area (TPSA) is 174 Å². The number of ether oxygens (including phenoxy) is 3. The molecule has 2 aliphatic heterocycles. The van der Waals surface area contributed by atoms with E-state index in [-0.39, 0.29) is 25.3 Å². The van der Waals surface area contributed by atoms with Gasteiger partial charge < -0.3 is 34.9 Å². The van der Waals surface area contributed by atoms with Gasteiger partial charge in [0.15, 0.2) is 0 Å². The average Bonchev–Trinajstić information content (AvgIpc) is 3.34. The lowest BCUT2D eigenvalue weighted by Crippen LogP contribution is -2.56. The number of rotatable bonds is 6. The first-order chi connectivity index (χ1) is 24.3. The van der Waals surface area contributed by atoms with E-state index < -0.39 is 53.2 Å². The number of nitrogens with one attached hydrogen (secondary N) is 2. The molecule has 1 aliphatic carbocycles. The molecule has 1 saturated carbocycles. The molecule has 14 nitrogen and oxygen atoms in total. The van der Waals surface area contributed by atoms with Crippen molar-refractivity contribution in [2.45, 2.75) is 102 Å². The Bertz CT molecular complexity index is 1850. The van der Waals surface area contributed by atoms with Crippen LogP contribution in [0.1, 0.15) is 71.4 Å². The van der Waals surface area contributed by atoms with Gasteiger partial charge in [0.1, 0.15) is 53.0 Å². The number of carbonyl (C=O) groups excluding carboxylic acids is 3. The Kier molecular flexibility index (Phi) is 9.96. The Morgan fingerprint density at radius 2 is 1.94 bits per heavy atom. The summed E-state index contributed by atoms with van der Waals surface area (Å²) in [6.45, 7) is 7.11. The Morgan fingerprint density at radius 3 is 2.65 bits per heavy atom. The maximum atomic E-state index is 14.4. The highest BCUT2D eigenvalue weighted by Crippen LogP contribution is 2.45. The maximum absolute atomic E-state index is 14.4. The number of carboxylic acids is 1. The van der Waals surface area contributed by atoms with Crippen LogP contribution < -0.4 is 20.1 Å². The standard InChI is InChI=1S/C37H46N6O8/c1-22-19-42(21-38-22)31-17-30(26-14-13-24(49-5)15-28(26)39-31)50-25-16-29-32(44)41-37(34(46)47)18-23(37)11-9-7-6-8-10-12-27(33(45)43(29)20-25)40-35(48)51-36(2,3)4/h9,11,13-15,17,19,21,23,25,27,29H,6-8,10,12,16,18,20H2,1-5H3,(H,40,48)(H,41,44)(H,46,47)/b11-9-/t23-,25-,27-,29+,37-/m1/s1. The number of aryl methyl sites for hydroxylation is 1. The Balaban J connectivity index is 1.34. The maximum Gasteiger partial charge on any atom is 0.408 e. The third kappa shape index (κ3) is 7.94. The molecule has 2 fully saturated rings. The summed E-state index contributed by atoms with van der Waals surface area (Å²) < 4.78 is 19.3. The lowest BCUT2D eigenvalue weighted by molar-refractivity contribution is -0.145. The van der Waals surface area contributed by atoms with Crippen molar-refractivity contribution in [3.63, 3.8) is 0 Å². The molecule has 3 amide bonds. The molecule has 1 aromatic carbocycles. The number of hydrogen-bond donors (Lipinski definition) is 3. The van der Waals surface area contributed by atoms with Crippen molar-refractivity contribution in [3.8, 4) is 17.3 Å². The van der Waals surface area contributed by atoms with Crippen molar-refractivity contribution in [3.05, 3.63) is 54.6 Å². The highest BCUT2D eigenvalue weighted by molar-refractivity contribution is 5.96. The molecule has 0 radical (unpaired) electrons. The second kappa shape index (κ2) is 14.2. The smallest absolute Gasteiger partial charge is 0.408 e. The van der Waals surface area contributed by atoms with Crippen LogP contribution in [-0.4, -0.2) is 91.4 Å². The quantitative estimate of drug-likeness (QED) is 0.311. The highest BCUT2D eigenvalue weighted by Gasteiger charge is 2.61. The van der Waals surface area contributed by atoms with Crippen LogP contribution in [0.15, 0.2) is 48.9 Å². The number of imidazole rings is 1. The molecule has 3 aliphatic rings. The number of hydrogen-bond acceptors (Lipinski definition) is 9. The predicted molar refractivity (Wildman–Crippen MR) is 187 cm³/mol. The van der Waals surface area contributed by atoms with Crippen molar-refractivity contribution >= 4 is 34.8 Å². The molecule has 0 unspecified atom stereocenters. The number of carbonyl (C=O) groups is 4. The Hall–Kier alpha value is -5.14. The number of amides is 3. The fourth-order valence-corrected chi connectivity index (χ4v) is 6.84. The number of carboxylic acid groups (broad SMARTS) is 1. The summed E-state index contributed by atoms with van der Waals surface area (Å²) in [5, 5.41) is 16.4. The number of alkyl carbamates (subject to hydrolysis) is 1. The summed E-state index contributed by atoms with van der Waals surface area (Å²) in [6, 6.07) is 5.18. The van der Waals surface area contributed by atoms with E-state index in [0.29, 0.717) is 41.1 Å². The van der Waals surface area contributed by atoms with Gasteiger partial charge in [0.25, 0.3) is 0 Å². The third-order valence-electron chi connectivity index (χ3n) is 9.55. The largest absolute Gasteiger partial charge is 0.497 e. The molecule has 2 aromatic heterocycles. The normalized spacial score (nSPS) is 26.2. The van der Waals surface area contributed by atoms with Gasteiger partial charge in [0.05, 0.1) is 24.9 Å². The summed E-state index contributed by atoms with van der Waals surface area (Å²) in [4.78, 5) is 64.4. The highest BCUT2D eigenvalue weighted by atomic mass is 16.6. The molecule has 3 aromatic rings. The van der Waals surface area contributed by atoms with Crippen molar-refractivity contribution in [1.29, 1.82) is 0 Å². The van der Waals surface area contributed by atoms with Crippen LogP contribution in [0.3, 0.4) is 0 Å². The molecule has 1 saturated heterocycles. The zero-order valence-corrected chi connectivity index (χ0v) is 29.7. The van der Waals surface area contributed by atoms with E-state index in [2.05, 4.69) is 15.6 Å². The minimum absolute atomic E-state index is 0.0201. The minimum atomic E-state index is -1.45. The third-order valence-corrected chi connectivity index (χ3v) is 9.55. The number of aromatic nitrogens is 3. The van der Waals surface area contributed by atoms with E-state index >= 15 is 0 Å². The predicted octanol–water partition coefficient (Wildman–Crippen LogP) is 4.46. The summed E-state index contributed by atoms with van der Waals surface area (Å²) >= 11 is 0. The fraction of sp³-hybridized carbons (Fsp3) is 0.514. The van der Waals surface area contributed by atoms with Crippen LogP contribution in [0, 0.1) is 12.8 Å². The van der Waals surface area contributed by atoms with E-state index in [1.165, 1.54) is 4.90 Å². The second-order valence-electron chi connectivity index (χ2n) is 14.6. The number of pyridine rings is 1. The molecule has 51 heavy (non-hydrogen) atoms. The van der Waals surface area contributed by atoms with Gasteiger partial charge >= 0.3 is 12.1 Å². The average molecular weight is 703 g/mol. The fourth-order valence-electron chi connectivity index (χ4n) is 6.84. The molecule has 272 valence electrons. The van der Waals surface area contributed by atoms with Crippen molar-refractivity contribution in [1.82, 2.24) is 30.1 Å². The number of allylic oxidation sites excluding steroid dienone is 1. The van der Waals surface area contributed by atoms with E-state index in [9.17, 15) is 24.3 Å². The van der Waals surface area contributed by atoms with Crippen LogP contribution >= 0.6 is 0 Å². The molecular weight excluding hydrogens is 656 g/mol. The van der Waals surface area contributed by atoms with Crippen LogP contribution in [-0.2, 0) is 19.1 Å². The lowest BCUT2D eigenvalue weighted by atomic mass is 10.0. The van der Waals surface area contributed by atoms with Gasteiger partial charge in [0, 0.05) is 36.1 Å². The minimum Gasteiger partial charge on any atom is -0.497 e. The van der Waals surface area contributed by atoms with Crippen LogP contribution in [0.2, 0.25) is 0 Å². The molecule has 6 rings (SSSR count). The summed E-state index contributed by atoms with van der Waals surface area (Å²) in [5.74, 6) is -0.891. The number of nitrogens with zero attached hydrogens (tertiary/aromatic N) is 4. The Labute approximate surface area is 296 Å². The van der Waals surface area contributed by atoms with Crippen LogP contribution in [0.4, 0.5) is 4.79 Å². The van der Waals surface area contributed by atoms with Gasteiger partial charge in [-0.25, -0.2) is 19.6 Å². The van der Waals surface area contributed by atoms with Crippen molar-refractivity contribution in [2.24, 2.45) is 5.92 Å². The first-order valence-corrected chi connectivity index (χ1v) is 17.4. The van der Waals surface area contributed by atoms with Gasteiger partial charge in [0.2, 0.25) is 11.8 Å². The number of methoxy groups -OCH3 is 1. The summed E-state index contributed by atoms with van der Waals surface area (Å²) in [7, 11) is 1.57. The van der Waals surface area contributed by atoms with Gasteiger partial charge in [-0.1, -0.05) is 25.0 Å². The number of fused-ring (bicyclic) bond motifs is 3. The zero-order valence-electron chi connectivity index (χ0n) is 29.7. The van der Waals surface area contributed by atoms with Gasteiger partial charge in [-0.2, -0.15) is 0 Å². The van der Waals surface area contributed by atoms with Gasteiger partial charge in [-0.05, 0) is 65.5 Å². The van der Waals surface area contributed by atoms with Crippen LogP contribution in [0.5, 0.6) is 11.5 Å². The monoisotopic (exact) mass is 702 g/mol. The molecule has 5 atom stereocenters. The molecule has 3 N–H and O–H groups in total. The van der Waals surface area contributed by atoms with E-state index in [4.69, 9.17) is 19.2 Å². The first-order valence-electron chi connectivity index (χ1n) is 17.4. The molecule has 0 spiro atoms. The molecular formula is C37H46N6O8. The zero-order chi connectivity index (χ0) is 36.5. The first kappa shape index (κ1) is 35.7. The molecule has 4 heterocycles. The van der Waals surface area contributed by atoms with Gasteiger partial charge in [-0.15, -0.1) is 0 Å². The second-order valence-corrected chi connectivity index (χ2v) is 14.6. The number of aliphatic carboxylic acids is 1. The van der Waals surface area contributed by atoms with Crippen LogP contribution in [0.25, 0.3) is 16.7 Å². The van der Waals surface area contributed by atoms with Crippen molar-refractivity contribution in [2.75, 3.05) is 13.7 Å². The van der Waals surface area contributed by atoms with Gasteiger partial charge in [-0.3, -0.25) is 14.2 Å². The molecule has 0 bridgehead atoms. The van der Waals surface area contributed by atoms with E-state index in [1.807, 2.05) is 31.3 Å². The SMILES string of the molecule is COc1ccc2c(O[C@@H]3C[C@H]4C(=O)N[C@]5(C(=O)O)C[C@H]5/C=C\CCCCC[C@@H](NC(=O)OC(C)(C)C)C(=O)N4C3)cc(-n3cnc(C)c3)nc2c1. The summed E-state index contributed by atoms with van der Waals surface area (Å²) in [6.07, 6.45) is 9.63. The van der Waals surface area contributed by atoms with E-state index in [0.717, 1.165) is 25.0 Å². The van der Waals surface area contributed by atoms with E-state index in [1.54, 1.807) is 57.0 Å². The number of benzene rings is 1.